The summed E-state index contributed by atoms with van der Waals surface area (Å²) in [5, 5.41) is 5.31. The number of nitrogens with one attached hydrogen (secondary N) is 2. The minimum atomic E-state index is -0.597. The van der Waals surface area contributed by atoms with Gasteiger partial charge in [-0.1, -0.05) is 12.1 Å². The van der Waals surface area contributed by atoms with Gasteiger partial charge in [-0.25, -0.2) is 9.59 Å². The third-order valence-electron chi connectivity index (χ3n) is 3.94. The number of hydrogen-bond donors (Lipinski definition) is 2. The minimum absolute atomic E-state index is 0.237. The van der Waals surface area contributed by atoms with E-state index in [0.717, 1.165) is 15.0 Å². The van der Waals surface area contributed by atoms with E-state index in [1.165, 1.54) is 18.7 Å². The normalized spacial score (nSPS) is 16.5. The van der Waals surface area contributed by atoms with Crippen LogP contribution >= 0.6 is 11.8 Å². The van der Waals surface area contributed by atoms with Crippen molar-refractivity contribution in [3.8, 4) is 0 Å². The van der Waals surface area contributed by atoms with Crippen LogP contribution in [-0.2, 0) is 14.1 Å². The monoisotopic (exact) mass is 332 g/mol. The summed E-state index contributed by atoms with van der Waals surface area (Å²) in [5.41, 5.74) is 0.239. The van der Waals surface area contributed by atoms with Crippen molar-refractivity contribution in [1.82, 2.24) is 14.5 Å². The zero-order valence-corrected chi connectivity index (χ0v) is 13.7. The van der Waals surface area contributed by atoms with E-state index < -0.39 is 23.3 Å². The second-order valence-corrected chi connectivity index (χ2v) is 6.15. The highest BCUT2D eigenvalue weighted by Crippen LogP contribution is 2.29. The van der Waals surface area contributed by atoms with Crippen LogP contribution in [0.5, 0.6) is 0 Å². The van der Waals surface area contributed by atoms with Gasteiger partial charge < -0.3 is 5.32 Å². The van der Waals surface area contributed by atoms with Crippen molar-refractivity contribution in [2.75, 3.05) is 11.6 Å². The predicted molar refractivity (Wildman–Crippen MR) is 89.1 cm³/mol. The van der Waals surface area contributed by atoms with Crippen molar-refractivity contribution in [3.05, 3.63) is 56.2 Å². The number of urea groups is 1. The fraction of sp³-hybridized carbons (Fsp3) is 0.267. The molecule has 0 saturated carbocycles. The number of thioether (sulfide) groups is 1. The quantitative estimate of drug-likeness (QED) is 0.805. The number of carbonyl (C=O) groups excluding carboxylic acids is 1. The van der Waals surface area contributed by atoms with Crippen LogP contribution in [0.3, 0.4) is 0 Å². The average molecular weight is 332 g/mol. The Balaban J connectivity index is 2.24. The fourth-order valence-electron chi connectivity index (χ4n) is 2.67. The molecule has 0 radical (unpaired) electrons. The molecule has 2 heterocycles. The first kappa shape index (κ1) is 15.4. The Morgan fingerprint density at radius 3 is 2.30 bits per heavy atom. The summed E-state index contributed by atoms with van der Waals surface area (Å²) in [5.74, 6) is 0.237. The molecule has 7 nitrogen and oxygen atoms in total. The second kappa shape index (κ2) is 5.62. The zero-order chi connectivity index (χ0) is 16.7. The maximum absolute atomic E-state index is 12.6. The van der Waals surface area contributed by atoms with Gasteiger partial charge in [0, 0.05) is 19.0 Å². The van der Waals surface area contributed by atoms with Gasteiger partial charge >= 0.3 is 11.7 Å². The highest BCUT2D eigenvalue weighted by Gasteiger charge is 2.31. The molecular formula is C15H16N4O3S. The highest BCUT2D eigenvalue weighted by atomic mass is 32.2. The lowest BCUT2D eigenvalue weighted by Gasteiger charge is -2.28. The summed E-state index contributed by atoms with van der Waals surface area (Å²) in [4.78, 5) is 37.6. The molecule has 2 N–H and O–H groups in total. The Hall–Kier alpha value is -2.48. The number of carbonyl (C=O) groups is 1. The van der Waals surface area contributed by atoms with Gasteiger partial charge in [-0.15, -0.1) is 11.8 Å². The fourth-order valence-corrected chi connectivity index (χ4v) is 3.08. The molecule has 0 saturated heterocycles. The molecule has 1 aliphatic rings. The number of aromatic nitrogens is 2. The lowest BCUT2D eigenvalue weighted by molar-refractivity contribution is 0.248. The molecule has 0 fully saturated rings. The molecule has 120 valence electrons. The summed E-state index contributed by atoms with van der Waals surface area (Å²) in [6.45, 7) is 0. The molecule has 8 heteroatoms. The minimum Gasteiger partial charge on any atom is -0.327 e. The molecule has 3 rings (SSSR count). The predicted octanol–water partition coefficient (Wildman–Crippen LogP) is 1.03. The van der Waals surface area contributed by atoms with E-state index >= 15 is 0 Å². The maximum Gasteiger partial charge on any atom is 0.332 e. The molecular weight excluding hydrogens is 316 g/mol. The molecule has 0 bridgehead atoms. The third-order valence-corrected chi connectivity index (χ3v) is 4.69. The van der Waals surface area contributed by atoms with Crippen LogP contribution in [0, 0.1) is 0 Å². The van der Waals surface area contributed by atoms with Gasteiger partial charge in [-0.2, -0.15) is 0 Å². The maximum atomic E-state index is 12.6. The molecule has 2 aromatic rings. The van der Waals surface area contributed by atoms with Crippen molar-refractivity contribution in [3.63, 3.8) is 0 Å². The van der Waals surface area contributed by atoms with Crippen molar-refractivity contribution in [1.29, 1.82) is 0 Å². The first-order chi connectivity index (χ1) is 10.9. The number of nitrogens with zero attached hydrogens (tertiary/aromatic N) is 2. The summed E-state index contributed by atoms with van der Waals surface area (Å²) in [6, 6.07) is 6.56. The Morgan fingerprint density at radius 2 is 1.70 bits per heavy atom. The number of benzene rings is 1. The lowest BCUT2D eigenvalue weighted by Crippen LogP contribution is -2.49. The van der Waals surface area contributed by atoms with Gasteiger partial charge in [-0.3, -0.25) is 19.2 Å². The van der Waals surface area contributed by atoms with Gasteiger partial charge in [0.05, 0.1) is 11.6 Å². The van der Waals surface area contributed by atoms with E-state index in [1.54, 1.807) is 11.8 Å². The summed E-state index contributed by atoms with van der Waals surface area (Å²) >= 11 is 1.61. The highest BCUT2D eigenvalue weighted by molar-refractivity contribution is 7.98. The van der Waals surface area contributed by atoms with Crippen molar-refractivity contribution >= 4 is 23.6 Å². The second-order valence-electron chi connectivity index (χ2n) is 5.27. The summed E-state index contributed by atoms with van der Waals surface area (Å²) in [6.07, 6.45) is 1.97. The van der Waals surface area contributed by atoms with Gasteiger partial charge in [0.15, 0.2) is 0 Å². The number of fused-ring (bicyclic) bond motifs is 1. The molecule has 1 aromatic heterocycles. The van der Waals surface area contributed by atoms with Crippen LogP contribution in [0.4, 0.5) is 10.6 Å². The lowest BCUT2D eigenvalue weighted by atomic mass is 9.98. The number of rotatable bonds is 2. The topological polar surface area (TPSA) is 85.1 Å². The van der Waals surface area contributed by atoms with Gasteiger partial charge in [0.25, 0.3) is 5.56 Å². The molecule has 0 aliphatic carbocycles. The number of anilines is 1. The van der Waals surface area contributed by atoms with Crippen LogP contribution in [0.2, 0.25) is 0 Å². The van der Waals surface area contributed by atoms with Crippen molar-refractivity contribution < 1.29 is 4.79 Å². The van der Waals surface area contributed by atoms with E-state index in [2.05, 4.69) is 10.6 Å². The summed E-state index contributed by atoms with van der Waals surface area (Å²) < 4.78 is 2.32. The van der Waals surface area contributed by atoms with E-state index in [1.807, 2.05) is 30.5 Å². The molecule has 1 aliphatic heterocycles. The molecule has 2 amide bonds. The number of hydrogen-bond acceptors (Lipinski definition) is 4. The van der Waals surface area contributed by atoms with Crippen LogP contribution in [0.25, 0.3) is 0 Å². The Kier molecular flexibility index (Phi) is 3.77. The van der Waals surface area contributed by atoms with Crippen LogP contribution < -0.4 is 21.9 Å². The van der Waals surface area contributed by atoms with Crippen LogP contribution in [0.1, 0.15) is 17.2 Å². The van der Waals surface area contributed by atoms with Crippen LogP contribution in [-0.4, -0.2) is 21.4 Å². The standard InChI is InChI=1S/C15H16N4O3S/c1-18-12-10(13(20)19(2)15(18)22)11(16-14(21)17-12)8-4-6-9(23-3)7-5-8/h4-7,11H,1-3H3,(H2,16,17,21)/t11-/m1/s1. The van der Waals surface area contributed by atoms with E-state index in [-0.39, 0.29) is 5.82 Å². The number of amides is 2. The molecule has 1 aromatic carbocycles. The van der Waals surface area contributed by atoms with Gasteiger partial charge in [0.1, 0.15) is 5.82 Å². The molecule has 23 heavy (non-hydrogen) atoms. The van der Waals surface area contributed by atoms with Crippen molar-refractivity contribution in [2.45, 2.75) is 10.9 Å². The largest absolute Gasteiger partial charge is 0.332 e. The van der Waals surface area contributed by atoms with Gasteiger partial charge in [-0.05, 0) is 24.0 Å². The van der Waals surface area contributed by atoms with E-state index in [9.17, 15) is 14.4 Å². The molecule has 1 atom stereocenters. The Morgan fingerprint density at radius 1 is 1.04 bits per heavy atom. The van der Waals surface area contributed by atoms with E-state index in [0.29, 0.717) is 5.56 Å². The molecule has 0 spiro atoms. The third kappa shape index (κ3) is 2.44. The Bertz CT molecular complexity index is 899. The average Bonchev–Trinajstić information content (AvgIpc) is 2.57. The smallest absolute Gasteiger partial charge is 0.327 e. The van der Waals surface area contributed by atoms with Crippen molar-refractivity contribution in [2.24, 2.45) is 14.1 Å². The molecule has 0 unspecified atom stereocenters. The van der Waals surface area contributed by atoms with E-state index in [4.69, 9.17) is 0 Å². The van der Waals surface area contributed by atoms with Crippen LogP contribution in [0.15, 0.2) is 38.8 Å². The zero-order valence-electron chi connectivity index (χ0n) is 12.9. The summed E-state index contributed by atoms with van der Waals surface area (Å²) in [7, 11) is 2.95. The first-order valence-electron chi connectivity index (χ1n) is 6.95. The SMILES string of the molecule is CSc1ccc([C@H]2NC(=O)Nc3c2c(=O)n(C)c(=O)n3C)cc1. The first-order valence-corrected chi connectivity index (χ1v) is 8.18. The van der Waals surface area contributed by atoms with Gasteiger partial charge in [0.2, 0.25) is 0 Å². The Labute approximate surface area is 136 Å².